The highest BCUT2D eigenvalue weighted by Crippen LogP contribution is 2.28. The molecule has 0 fully saturated rings. The number of aromatic nitrogens is 2. The van der Waals surface area contributed by atoms with E-state index in [2.05, 4.69) is 15.3 Å². The molecule has 1 aromatic heterocycles. The zero-order chi connectivity index (χ0) is 16.4. The van der Waals surface area contributed by atoms with Gasteiger partial charge in [0.25, 0.3) is 11.5 Å². The summed E-state index contributed by atoms with van der Waals surface area (Å²) < 4.78 is 5.54. The highest BCUT2D eigenvalue weighted by molar-refractivity contribution is 6.30. The lowest BCUT2D eigenvalue weighted by molar-refractivity contribution is -0.117. The van der Waals surface area contributed by atoms with E-state index in [0.717, 1.165) is 5.56 Å². The minimum Gasteiger partial charge on any atom is -0.488 e. The first-order valence-electron chi connectivity index (χ1n) is 6.99. The first-order chi connectivity index (χ1) is 11.0. The Morgan fingerprint density at radius 1 is 1.43 bits per heavy atom. The molecule has 0 saturated carbocycles. The van der Waals surface area contributed by atoms with Gasteiger partial charge in [-0.3, -0.25) is 9.59 Å². The van der Waals surface area contributed by atoms with Crippen molar-refractivity contribution in [1.82, 2.24) is 15.3 Å². The second-order valence-corrected chi connectivity index (χ2v) is 5.58. The van der Waals surface area contributed by atoms with Gasteiger partial charge in [0.2, 0.25) is 0 Å². The van der Waals surface area contributed by atoms with E-state index in [-0.39, 0.29) is 24.6 Å². The van der Waals surface area contributed by atoms with Gasteiger partial charge in [0, 0.05) is 16.7 Å². The van der Waals surface area contributed by atoms with Gasteiger partial charge in [0.15, 0.2) is 0 Å². The average molecular weight is 332 g/mol. The number of fused-ring (bicyclic) bond motifs is 1. The van der Waals surface area contributed by atoms with Crippen LogP contribution in [0.25, 0.3) is 6.08 Å². The monoisotopic (exact) mass is 331 g/mol. The Kier molecular flexibility index (Phi) is 4.16. The number of carbonyl (C=O) groups is 1. The molecule has 1 aliphatic rings. The third-order valence-electron chi connectivity index (χ3n) is 3.32. The molecule has 2 aromatic rings. The number of carbonyl (C=O) groups excluding carboxylic acids is 1. The molecule has 0 atom stereocenters. The van der Waals surface area contributed by atoms with E-state index in [9.17, 15) is 9.59 Å². The third kappa shape index (κ3) is 3.60. The quantitative estimate of drug-likeness (QED) is 0.898. The van der Waals surface area contributed by atoms with Crippen LogP contribution in [0.2, 0.25) is 5.02 Å². The normalized spacial score (nSPS) is 12.9. The number of benzene rings is 1. The van der Waals surface area contributed by atoms with Gasteiger partial charge in [-0.05, 0) is 31.2 Å². The number of aromatic amines is 1. The van der Waals surface area contributed by atoms with Crippen molar-refractivity contribution in [2.24, 2.45) is 0 Å². The van der Waals surface area contributed by atoms with Crippen LogP contribution in [0, 0.1) is 6.92 Å². The maximum absolute atomic E-state index is 12.2. The summed E-state index contributed by atoms with van der Waals surface area (Å²) in [4.78, 5) is 30.3. The van der Waals surface area contributed by atoms with Gasteiger partial charge in [-0.1, -0.05) is 11.6 Å². The first kappa shape index (κ1) is 15.3. The van der Waals surface area contributed by atoms with E-state index in [1.807, 2.05) is 0 Å². The minimum absolute atomic E-state index is 0.170. The predicted octanol–water partition coefficient (Wildman–Crippen LogP) is 1.82. The van der Waals surface area contributed by atoms with Crippen LogP contribution in [0.1, 0.15) is 17.1 Å². The fourth-order valence-corrected chi connectivity index (χ4v) is 2.48. The number of hydrogen-bond acceptors (Lipinski definition) is 4. The van der Waals surface area contributed by atoms with Crippen LogP contribution in [0.15, 0.2) is 34.6 Å². The van der Waals surface area contributed by atoms with Crippen molar-refractivity contribution in [3.8, 4) is 5.75 Å². The Bertz CT molecular complexity index is 858. The zero-order valence-electron chi connectivity index (χ0n) is 12.4. The molecule has 6 nitrogen and oxygen atoms in total. The van der Waals surface area contributed by atoms with Crippen molar-refractivity contribution in [3.05, 3.63) is 62.3 Å². The highest BCUT2D eigenvalue weighted by atomic mass is 35.5. The maximum Gasteiger partial charge on any atom is 0.251 e. The smallest absolute Gasteiger partial charge is 0.251 e. The summed E-state index contributed by atoms with van der Waals surface area (Å²) >= 11 is 5.95. The summed E-state index contributed by atoms with van der Waals surface area (Å²) in [6.45, 7) is 2.04. The van der Waals surface area contributed by atoms with E-state index < -0.39 is 0 Å². The van der Waals surface area contributed by atoms with Gasteiger partial charge in [-0.2, -0.15) is 0 Å². The topological polar surface area (TPSA) is 84.1 Å². The highest BCUT2D eigenvalue weighted by Gasteiger charge is 2.17. The average Bonchev–Trinajstić information content (AvgIpc) is 2.51. The van der Waals surface area contributed by atoms with Gasteiger partial charge >= 0.3 is 0 Å². The number of halogens is 1. The molecule has 0 radical (unpaired) electrons. The molecule has 1 aromatic carbocycles. The van der Waals surface area contributed by atoms with E-state index in [1.54, 1.807) is 31.2 Å². The molecule has 1 amide bonds. The number of nitrogens with zero attached hydrogens (tertiary/aromatic N) is 1. The molecule has 3 rings (SSSR count). The molecule has 1 aliphatic heterocycles. The molecule has 7 heteroatoms. The van der Waals surface area contributed by atoms with E-state index in [0.29, 0.717) is 27.9 Å². The van der Waals surface area contributed by atoms with Crippen LogP contribution in [-0.2, 0) is 11.3 Å². The lowest BCUT2D eigenvalue weighted by Gasteiger charge is -2.17. The summed E-state index contributed by atoms with van der Waals surface area (Å²) in [5, 5.41) is 3.31. The van der Waals surface area contributed by atoms with Gasteiger partial charge < -0.3 is 15.0 Å². The van der Waals surface area contributed by atoms with Crippen molar-refractivity contribution in [3.63, 3.8) is 0 Å². The SMILES string of the molecule is Cc1nc(CNC(=O)C2=Cc3cc(Cl)ccc3OC2)cc(=O)[nH]1. The van der Waals surface area contributed by atoms with Crippen molar-refractivity contribution >= 4 is 23.6 Å². The Morgan fingerprint density at radius 2 is 2.26 bits per heavy atom. The predicted molar refractivity (Wildman–Crippen MR) is 86.4 cm³/mol. The van der Waals surface area contributed by atoms with Crippen LogP contribution in [0.5, 0.6) is 5.75 Å². The number of hydrogen-bond donors (Lipinski definition) is 2. The van der Waals surface area contributed by atoms with E-state index >= 15 is 0 Å². The summed E-state index contributed by atoms with van der Waals surface area (Å²) in [7, 11) is 0. The first-order valence-corrected chi connectivity index (χ1v) is 7.37. The largest absolute Gasteiger partial charge is 0.488 e. The lowest BCUT2D eigenvalue weighted by atomic mass is 10.1. The molecule has 0 bridgehead atoms. The second kappa shape index (κ2) is 6.26. The fraction of sp³-hybridized carbons (Fsp3) is 0.188. The van der Waals surface area contributed by atoms with Crippen LogP contribution >= 0.6 is 11.6 Å². The third-order valence-corrected chi connectivity index (χ3v) is 3.55. The molecular formula is C16H14ClN3O3. The number of nitrogens with one attached hydrogen (secondary N) is 2. The molecule has 0 saturated heterocycles. The number of amides is 1. The molecule has 2 heterocycles. The van der Waals surface area contributed by atoms with Crippen LogP contribution in [-0.4, -0.2) is 22.5 Å². The van der Waals surface area contributed by atoms with E-state index in [1.165, 1.54) is 6.07 Å². The van der Waals surface area contributed by atoms with Crippen molar-refractivity contribution in [1.29, 1.82) is 0 Å². The summed E-state index contributed by atoms with van der Waals surface area (Å²) in [5.41, 5.74) is 1.51. The molecule has 0 aliphatic carbocycles. The Labute approximate surface area is 137 Å². The molecule has 118 valence electrons. The Morgan fingerprint density at radius 3 is 3.04 bits per heavy atom. The van der Waals surface area contributed by atoms with Gasteiger partial charge in [-0.15, -0.1) is 0 Å². The standard InChI is InChI=1S/C16H14ClN3O3/c1-9-19-13(6-15(21)20-9)7-18-16(22)11-4-10-5-12(17)2-3-14(10)23-8-11/h2-6H,7-8H2,1H3,(H,18,22)(H,19,20,21). The molecule has 2 N–H and O–H groups in total. The molecular weight excluding hydrogens is 318 g/mol. The Balaban J connectivity index is 1.72. The van der Waals surface area contributed by atoms with Crippen LogP contribution < -0.4 is 15.6 Å². The molecule has 0 unspecified atom stereocenters. The maximum atomic E-state index is 12.2. The van der Waals surface area contributed by atoms with Crippen molar-refractivity contribution in [2.45, 2.75) is 13.5 Å². The molecule has 0 spiro atoms. The van der Waals surface area contributed by atoms with Gasteiger partial charge in [0.1, 0.15) is 18.2 Å². The van der Waals surface area contributed by atoms with Crippen LogP contribution in [0.4, 0.5) is 0 Å². The fourth-order valence-electron chi connectivity index (χ4n) is 2.30. The summed E-state index contributed by atoms with van der Waals surface area (Å²) in [6.07, 6.45) is 1.75. The summed E-state index contributed by atoms with van der Waals surface area (Å²) in [5.74, 6) is 0.929. The van der Waals surface area contributed by atoms with Gasteiger partial charge in [-0.25, -0.2) is 4.98 Å². The number of aryl methyl sites for hydroxylation is 1. The molecule has 23 heavy (non-hydrogen) atoms. The number of H-pyrrole nitrogens is 1. The van der Waals surface area contributed by atoms with Crippen molar-refractivity contribution in [2.75, 3.05) is 6.61 Å². The van der Waals surface area contributed by atoms with E-state index in [4.69, 9.17) is 16.3 Å². The Hall–Kier alpha value is -2.60. The number of rotatable bonds is 3. The zero-order valence-corrected chi connectivity index (χ0v) is 13.1. The number of ether oxygens (including phenoxy) is 1. The lowest BCUT2D eigenvalue weighted by Crippen LogP contribution is -2.29. The second-order valence-electron chi connectivity index (χ2n) is 5.15. The van der Waals surface area contributed by atoms with Gasteiger partial charge in [0.05, 0.1) is 17.8 Å². The van der Waals surface area contributed by atoms with Crippen molar-refractivity contribution < 1.29 is 9.53 Å². The van der Waals surface area contributed by atoms with Crippen LogP contribution in [0.3, 0.4) is 0 Å². The minimum atomic E-state index is -0.268. The summed E-state index contributed by atoms with van der Waals surface area (Å²) in [6, 6.07) is 6.60.